The SMILES string of the molecule is COC(=O)[C@@](NNc1ccccc1)(NC(=O)c1ccccc1)C(F)(F)F. The van der Waals surface area contributed by atoms with E-state index in [1.807, 2.05) is 5.43 Å². The lowest BCUT2D eigenvalue weighted by Crippen LogP contribution is -2.73. The number of rotatable bonds is 6. The van der Waals surface area contributed by atoms with E-state index in [-0.39, 0.29) is 11.3 Å². The van der Waals surface area contributed by atoms with E-state index in [2.05, 4.69) is 10.2 Å². The first kappa shape index (κ1) is 19.3. The molecule has 0 fully saturated rings. The van der Waals surface area contributed by atoms with Gasteiger partial charge in [-0.15, -0.1) is 0 Å². The molecule has 0 aliphatic rings. The van der Waals surface area contributed by atoms with Gasteiger partial charge < -0.3 is 15.5 Å². The Bertz CT molecular complexity index is 754. The summed E-state index contributed by atoms with van der Waals surface area (Å²) in [7, 11) is 0.793. The summed E-state index contributed by atoms with van der Waals surface area (Å²) >= 11 is 0. The Hall–Kier alpha value is -3.07. The van der Waals surface area contributed by atoms with E-state index in [1.165, 1.54) is 36.4 Å². The average molecular weight is 367 g/mol. The number of halogens is 3. The van der Waals surface area contributed by atoms with Crippen molar-refractivity contribution < 1.29 is 27.5 Å². The molecule has 0 aromatic heterocycles. The van der Waals surface area contributed by atoms with Gasteiger partial charge in [0.1, 0.15) is 0 Å². The van der Waals surface area contributed by atoms with Gasteiger partial charge in [-0.1, -0.05) is 36.4 Å². The van der Waals surface area contributed by atoms with Crippen molar-refractivity contribution in [2.45, 2.75) is 11.8 Å². The van der Waals surface area contributed by atoms with Crippen LogP contribution >= 0.6 is 0 Å². The zero-order valence-corrected chi connectivity index (χ0v) is 13.6. The lowest BCUT2D eigenvalue weighted by molar-refractivity contribution is -0.215. The van der Waals surface area contributed by atoms with Crippen molar-refractivity contribution in [3.8, 4) is 0 Å². The van der Waals surface area contributed by atoms with Crippen LogP contribution in [0.4, 0.5) is 18.9 Å². The van der Waals surface area contributed by atoms with Crippen LogP contribution in [0.1, 0.15) is 10.4 Å². The molecule has 0 saturated heterocycles. The lowest BCUT2D eigenvalue weighted by Gasteiger charge is -2.34. The minimum absolute atomic E-state index is 0.0495. The number of carbonyl (C=O) groups is 2. The molecule has 0 aliphatic carbocycles. The van der Waals surface area contributed by atoms with Gasteiger partial charge in [-0.3, -0.25) is 4.79 Å². The largest absolute Gasteiger partial charge is 0.466 e. The van der Waals surface area contributed by atoms with Gasteiger partial charge in [-0.25, -0.2) is 4.79 Å². The molecule has 2 rings (SSSR count). The summed E-state index contributed by atoms with van der Waals surface area (Å²) in [5.74, 6) is -2.83. The minimum Gasteiger partial charge on any atom is -0.466 e. The highest BCUT2D eigenvalue weighted by atomic mass is 19.4. The first-order chi connectivity index (χ1) is 12.3. The summed E-state index contributed by atoms with van der Waals surface area (Å²) in [4.78, 5) is 24.3. The van der Waals surface area contributed by atoms with Crippen LogP contribution in [-0.4, -0.2) is 30.8 Å². The molecule has 2 aromatic rings. The van der Waals surface area contributed by atoms with E-state index < -0.39 is 23.7 Å². The molecule has 6 nitrogen and oxygen atoms in total. The number of hydrogen-bond acceptors (Lipinski definition) is 5. The second-order valence-electron chi connectivity index (χ2n) is 5.18. The summed E-state index contributed by atoms with van der Waals surface area (Å²) in [6.45, 7) is 0. The molecule has 138 valence electrons. The van der Waals surface area contributed by atoms with Gasteiger partial charge in [0, 0.05) is 11.3 Å². The highest BCUT2D eigenvalue weighted by molar-refractivity contribution is 5.98. The summed E-state index contributed by atoms with van der Waals surface area (Å²) in [6.07, 6.45) is -5.20. The molecule has 0 heterocycles. The van der Waals surface area contributed by atoms with Crippen molar-refractivity contribution in [1.29, 1.82) is 0 Å². The zero-order valence-electron chi connectivity index (χ0n) is 13.6. The average Bonchev–Trinajstić information content (AvgIpc) is 2.64. The van der Waals surface area contributed by atoms with Crippen molar-refractivity contribution in [3.63, 3.8) is 0 Å². The second kappa shape index (κ2) is 7.87. The van der Waals surface area contributed by atoms with Gasteiger partial charge in [0.2, 0.25) is 0 Å². The van der Waals surface area contributed by atoms with E-state index in [1.54, 1.807) is 29.6 Å². The number of alkyl halides is 3. The summed E-state index contributed by atoms with van der Waals surface area (Å²) < 4.78 is 45.6. The fourth-order valence-corrected chi connectivity index (χ4v) is 2.06. The lowest BCUT2D eigenvalue weighted by atomic mass is 10.1. The molecular weight excluding hydrogens is 351 g/mol. The molecule has 0 bridgehead atoms. The monoisotopic (exact) mass is 367 g/mol. The Labute approximate surface area is 147 Å². The molecule has 0 saturated carbocycles. The molecule has 0 unspecified atom stereocenters. The van der Waals surface area contributed by atoms with Crippen molar-refractivity contribution in [1.82, 2.24) is 10.7 Å². The van der Waals surface area contributed by atoms with Crippen molar-refractivity contribution in [2.75, 3.05) is 12.5 Å². The van der Waals surface area contributed by atoms with Gasteiger partial charge >= 0.3 is 17.8 Å². The molecule has 0 spiro atoms. The van der Waals surface area contributed by atoms with Crippen molar-refractivity contribution in [3.05, 3.63) is 66.2 Å². The van der Waals surface area contributed by atoms with E-state index >= 15 is 0 Å². The summed E-state index contributed by atoms with van der Waals surface area (Å²) in [5.41, 5.74) is 0.842. The Morgan fingerprint density at radius 3 is 1.96 bits per heavy atom. The second-order valence-corrected chi connectivity index (χ2v) is 5.18. The number of methoxy groups -OCH3 is 1. The van der Waals surface area contributed by atoms with Crippen molar-refractivity contribution >= 4 is 17.6 Å². The summed E-state index contributed by atoms with van der Waals surface area (Å²) in [6, 6.07) is 15.0. The summed E-state index contributed by atoms with van der Waals surface area (Å²) in [5, 5.41) is 1.70. The van der Waals surface area contributed by atoms with Crippen molar-refractivity contribution in [2.24, 2.45) is 0 Å². The highest BCUT2D eigenvalue weighted by Crippen LogP contribution is 2.30. The number of carbonyl (C=O) groups excluding carboxylic acids is 2. The number of anilines is 1. The van der Waals surface area contributed by atoms with Gasteiger partial charge in [0.05, 0.1) is 7.11 Å². The number of hydrazine groups is 1. The number of benzene rings is 2. The first-order valence-electron chi connectivity index (χ1n) is 7.41. The molecule has 1 atom stereocenters. The van der Waals surface area contributed by atoms with Crippen LogP contribution in [-0.2, 0) is 9.53 Å². The minimum atomic E-state index is -5.20. The number of hydrogen-bond donors (Lipinski definition) is 3. The van der Waals surface area contributed by atoms with Gasteiger partial charge in [-0.05, 0) is 24.3 Å². The molecule has 26 heavy (non-hydrogen) atoms. The molecule has 2 aromatic carbocycles. The molecule has 1 amide bonds. The predicted molar refractivity (Wildman–Crippen MR) is 87.9 cm³/mol. The Balaban J connectivity index is 2.36. The predicted octanol–water partition coefficient (Wildman–Crippen LogP) is 2.46. The maximum absolute atomic E-state index is 13.8. The van der Waals surface area contributed by atoms with Crippen LogP contribution < -0.4 is 16.2 Å². The van der Waals surface area contributed by atoms with Gasteiger partial charge in [-0.2, -0.15) is 18.6 Å². The third-order valence-electron chi connectivity index (χ3n) is 3.42. The third kappa shape index (κ3) is 4.12. The van der Waals surface area contributed by atoms with Crippen LogP contribution in [0, 0.1) is 0 Å². The maximum atomic E-state index is 13.8. The molecule has 0 aliphatic heterocycles. The number of nitrogens with one attached hydrogen (secondary N) is 3. The Kier molecular flexibility index (Phi) is 5.83. The quantitative estimate of drug-likeness (QED) is 0.415. The Morgan fingerprint density at radius 2 is 1.46 bits per heavy atom. The topological polar surface area (TPSA) is 79.5 Å². The zero-order chi connectivity index (χ0) is 19.2. The fraction of sp³-hybridized carbons (Fsp3) is 0.176. The van der Waals surface area contributed by atoms with E-state index in [4.69, 9.17) is 0 Å². The fourth-order valence-electron chi connectivity index (χ4n) is 2.06. The standard InChI is InChI=1S/C17H16F3N3O3/c1-26-15(25)16(17(18,19)20,23-22-13-10-6-3-7-11-13)21-14(24)12-8-4-2-5-9-12/h2-11,22-23H,1H3,(H,21,24)/t16-/m0/s1. The number of amides is 1. The van der Waals surface area contributed by atoms with E-state index in [0.29, 0.717) is 0 Å². The normalized spacial score (nSPS) is 13.4. The Morgan fingerprint density at radius 1 is 0.923 bits per heavy atom. The number of ether oxygens (including phenoxy) is 1. The maximum Gasteiger partial charge on any atom is 0.438 e. The van der Waals surface area contributed by atoms with Gasteiger partial charge in [0.15, 0.2) is 0 Å². The van der Waals surface area contributed by atoms with Crippen LogP contribution in [0.5, 0.6) is 0 Å². The first-order valence-corrected chi connectivity index (χ1v) is 7.41. The van der Waals surface area contributed by atoms with Crippen LogP contribution in [0.2, 0.25) is 0 Å². The molecule has 0 radical (unpaired) electrons. The third-order valence-corrected chi connectivity index (χ3v) is 3.42. The molecular formula is C17H16F3N3O3. The van der Waals surface area contributed by atoms with Gasteiger partial charge in [0.25, 0.3) is 5.91 Å². The molecule has 9 heteroatoms. The van der Waals surface area contributed by atoms with Crippen LogP contribution in [0.25, 0.3) is 0 Å². The van der Waals surface area contributed by atoms with E-state index in [0.717, 1.165) is 7.11 Å². The van der Waals surface area contributed by atoms with Crippen LogP contribution in [0.3, 0.4) is 0 Å². The molecule has 3 N–H and O–H groups in total. The number of esters is 1. The number of para-hydroxylation sites is 1. The smallest absolute Gasteiger partial charge is 0.438 e. The van der Waals surface area contributed by atoms with Crippen LogP contribution in [0.15, 0.2) is 60.7 Å². The highest BCUT2D eigenvalue weighted by Gasteiger charge is 2.63. The van der Waals surface area contributed by atoms with E-state index in [9.17, 15) is 22.8 Å².